The molecule has 0 fully saturated rings. The molecular weight excluding hydrogens is 222 g/mol. The lowest BCUT2D eigenvalue weighted by atomic mass is 10.3. The Balaban J connectivity index is 4.07. The van der Waals surface area contributed by atoms with E-state index in [1.165, 1.54) is 6.92 Å². The predicted octanol–water partition coefficient (Wildman–Crippen LogP) is 2.74. The predicted molar refractivity (Wildman–Crippen MR) is 51.0 cm³/mol. The summed E-state index contributed by atoms with van der Waals surface area (Å²) in [5, 5.41) is -0.676. The summed E-state index contributed by atoms with van der Waals surface area (Å²) in [6.45, 7) is 3.72. The molecule has 0 aliphatic carbocycles. The number of halogens is 3. The van der Waals surface area contributed by atoms with Gasteiger partial charge in [0.25, 0.3) is 0 Å². The summed E-state index contributed by atoms with van der Waals surface area (Å²) in [5.41, 5.74) is 0. The van der Waals surface area contributed by atoms with Gasteiger partial charge in [0.15, 0.2) is 0 Å². The molecule has 0 heterocycles. The molecule has 0 bridgehead atoms. The van der Waals surface area contributed by atoms with E-state index >= 15 is 0 Å². The number of hydrogen-bond acceptors (Lipinski definition) is 2. The molecule has 0 saturated heterocycles. The van der Waals surface area contributed by atoms with Crippen LogP contribution in [0.15, 0.2) is 0 Å². The topological polar surface area (TPSA) is 26.3 Å². The van der Waals surface area contributed by atoms with Crippen LogP contribution in [0.25, 0.3) is 0 Å². The molecule has 0 spiro atoms. The summed E-state index contributed by atoms with van der Waals surface area (Å²) in [6, 6.07) is 0. The van der Waals surface area contributed by atoms with Gasteiger partial charge in [-0.2, -0.15) is 0 Å². The Hall–Kier alpha value is 0.340. The molecule has 0 radical (unpaired) electrons. The maximum Gasteiger partial charge on any atom is 0.344 e. The number of hydrogen-bond donors (Lipinski definition) is 0. The average molecular weight is 234 g/mol. The normalized spacial score (nSPS) is 14.1. The third kappa shape index (κ3) is 3.38. The standard InChI is InChI=1S/C7H11Cl3O2/c1-3-4-12-6(11)7(9,10)5(2)8/h5H,3-4H2,1-2H3. The van der Waals surface area contributed by atoms with Gasteiger partial charge in [-0.15, -0.1) is 11.6 Å². The van der Waals surface area contributed by atoms with Crippen molar-refractivity contribution >= 4 is 40.8 Å². The lowest BCUT2D eigenvalue weighted by Gasteiger charge is -2.19. The molecular formula is C7H11Cl3O2. The second-order valence-electron chi connectivity index (χ2n) is 2.37. The first-order valence-electron chi connectivity index (χ1n) is 3.62. The molecule has 12 heavy (non-hydrogen) atoms. The minimum atomic E-state index is -1.64. The van der Waals surface area contributed by atoms with Crippen LogP contribution in [0, 0.1) is 0 Å². The number of ether oxygens (including phenoxy) is 1. The van der Waals surface area contributed by atoms with E-state index in [0.717, 1.165) is 6.42 Å². The zero-order valence-corrected chi connectivity index (χ0v) is 9.21. The maximum atomic E-state index is 11.1. The van der Waals surface area contributed by atoms with E-state index in [9.17, 15) is 4.79 Å². The van der Waals surface area contributed by atoms with Crippen LogP contribution in [0.5, 0.6) is 0 Å². The van der Waals surface area contributed by atoms with Gasteiger partial charge in [0, 0.05) is 0 Å². The molecule has 0 aromatic carbocycles. The van der Waals surface area contributed by atoms with Crippen molar-refractivity contribution in [3.63, 3.8) is 0 Å². The first kappa shape index (κ1) is 12.3. The van der Waals surface area contributed by atoms with Crippen molar-refractivity contribution in [2.75, 3.05) is 6.61 Å². The molecule has 72 valence electrons. The van der Waals surface area contributed by atoms with Crippen LogP contribution >= 0.6 is 34.8 Å². The number of esters is 1. The summed E-state index contributed by atoms with van der Waals surface area (Å²) in [5.74, 6) is -0.685. The van der Waals surface area contributed by atoms with Crippen molar-refractivity contribution in [2.45, 2.75) is 30.0 Å². The first-order chi connectivity index (χ1) is 5.42. The van der Waals surface area contributed by atoms with E-state index in [1.54, 1.807) is 0 Å². The lowest BCUT2D eigenvalue weighted by molar-refractivity contribution is -0.144. The highest BCUT2D eigenvalue weighted by atomic mass is 35.5. The van der Waals surface area contributed by atoms with Gasteiger partial charge in [-0.1, -0.05) is 30.1 Å². The molecule has 5 heteroatoms. The number of carbonyl (C=O) groups excluding carboxylic acids is 1. The van der Waals surface area contributed by atoms with Crippen molar-refractivity contribution in [1.82, 2.24) is 0 Å². The fourth-order valence-electron chi connectivity index (χ4n) is 0.453. The number of rotatable bonds is 4. The highest BCUT2D eigenvalue weighted by Gasteiger charge is 2.40. The van der Waals surface area contributed by atoms with Crippen LogP contribution in [-0.2, 0) is 9.53 Å². The summed E-state index contributed by atoms with van der Waals surface area (Å²) in [6.07, 6.45) is 0.728. The summed E-state index contributed by atoms with van der Waals surface area (Å²) < 4.78 is 3.09. The van der Waals surface area contributed by atoms with Gasteiger partial charge in [-0.25, -0.2) is 4.79 Å². The fourth-order valence-corrected chi connectivity index (χ4v) is 0.652. The Bertz CT molecular complexity index is 157. The summed E-state index contributed by atoms with van der Waals surface area (Å²) in [4.78, 5) is 11.1. The van der Waals surface area contributed by atoms with Crippen LogP contribution in [-0.4, -0.2) is 22.3 Å². The summed E-state index contributed by atoms with van der Waals surface area (Å²) in [7, 11) is 0. The zero-order valence-electron chi connectivity index (χ0n) is 6.94. The minimum Gasteiger partial charge on any atom is -0.463 e. The van der Waals surface area contributed by atoms with E-state index in [2.05, 4.69) is 0 Å². The molecule has 2 nitrogen and oxygen atoms in total. The second kappa shape index (κ2) is 5.15. The van der Waals surface area contributed by atoms with Crippen LogP contribution in [0.2, 0.25) is 0 Å². The van der Waals surface area contributed by atoms with Crippen molar-refractivity contribution in [2.24, 2.45) is 0 Å². The van der Waals surface area contributed by atoms with Gasteiger partial charge >= 0.3 is 5.97 Å². The highest BCUT2D eigenvalue weighted by Crippen LogP contribution is 2.30. The lowest BCUT2D eigenvalue weighted by Crippen LogP contribution is -2.36. The van der Waals surface area contributed by atoms with E-state index < -0.39 is 15.7 Å². The molecule has 0 aromatic rings. The zero-order chi connectivity index (χ0) is 9.78. The van der Waals surface area contributed by atoms with Gasteiger partial charge in [-0.05, 0) is 13.3 Å². The van der Waals surface area contributed by atoms with E-state index in [4.69, 9.17) is 39.5 Å². The molecule has 1 atom stereocenters. The van der Waals surface area contributed by atoms with E-state index in [-0.39, 0.29) is 0 Å². The molecule has 0 aliphatic rings. The van der Waals surface area contributed by atoms with Gasteiger partial charge < -0.3 is 4.74 Å². The highest BCUT2D eigenvalue weighted by molar-refractivity contribution is 6.60. The number of alkyl halides is 3. The first-order valence-corrected chi connectivity index (χ1v) is 4.81. The van der Waals surface area contributed by atoms with Crippen molar-refractivity contribution < 1.29 is 9.53 Å². The molecule has 1 unspecified atom stereocenters. The van der Waals surface area contributed by atoms with Crippen molar-refractivity contribution in [3.05, 3.63) is 0 Å². The Kier molecular flexibility index (Phi) is 5.30. The summed E-state index contributed by atoms with van der Waals surface area (Å²) >= 11 is 16.8. The Labute approximate surface area is 87.1 Å². The van der Waals surface area contributed by atoms with E-state index in [0.29, 0.717) is 6.61 Å². The Morgan fingerprint density at radius 3 is 2.42 bits per heavy atom. The fraction of sp³-hybridized carbons (Fsp3) is 0.857. The molecule has 0 rings (SSSR count). The quantitative estimate of drug-likeness (QED) is 0.551. The smallest absolute Gasteiger partial charge is 0.344 e. The SMILES string of the molecule is CCCOC(=O)C(Cl)(Cl)C(C)Cl. The van der Waals surface area contributed by atoms with Gasteiger partial charge in [-0.3, -0.25) is 0 Å². The molecule has 0 amide bonds. The van der Waals surface area contributed by atoms with Gasteiger partial charge in [0.1, 0.15) is 0 Å². The largest absolute Gasteiger partial charge is 0.463 e. The Morgan fingerprint density at radius 2 is 2.08 bits per heavy atom. The van der Waals surface area contributed by atoms with Crippen LogP contribution in [0.1, 0.15) is 20.3 Å². The third-order valence-corrected chi connectivity index (χ3v) is 2.72. The molecule has 0 saturated carbocycles. The van der Waals surface area contributed by atoms with Crippen LogP contribution in [0.4, 0.5) is 0 Å². The average Bonchev–Trinajstić information content (AvgIpc) is 1.99. The molecule has 0 aromatic heterocycles. The monoisotopic (exact) mass is 232 g/mol. The van der Waals surface area contributed by atoms with Crippen LogP contribution in [0.3, 0.4) is 0 Å². The van der Waals surface area contributed by atoms with E-state index in [1.807, 2.05) is 6.92 Å². The van der Waals surface area contributed by atoms with Crippen LogP contribution < -0.4 is 0 Å². The minimum absolute atomic E-state index is 0.309. The van der Waals surface area contributed by atoms with Gasteiger partial charge in [0.05, 0.1) is 12.0 Å². The van der Waals surface area contributed by atoms with Crippen molar-refractivity contribution in [1.29, 1.82) is 0 Å². The second-order valence-corrected chi connectivity index (χ2v) is 4.42. The third-order valence-electron chi connectivity index (χ3n) is 1.21. The van der Waals surface area contributed by atoms with Gasteiger partial charge in [0.2, 0.25) is 4.33 Å². The number of carbonyl (C=O) groups is 1. The maximum absolute atomic E-state index is 11.1. The molecule has 0 N–H and O–H groups in total. The molecule has 0 aliphatic heterocycles. The van der Waals surface area contributed by atoms with Crippen molar-refractivity contribution in [3.8, 4) is 0 Å². The Morgan fingerprint density at radius 1 is 1.58 bits per heavy atom.